The van der Waals surface area contributed by atoms with Gasteiger partial charge in [0.25, 0.3) is 5.91 Å². The molecule has 0 spiro atoms. The first-order chi connectivity index (χ1) is 12.5. The van der Waals surface area contributed by atoms with Crippen LogP contribution in [0.4, 0.5) is 5.69 Å². The molecule has 5 nitrogen and oxygen atoms in total. The Bertz CT molecular complexity index is 832. The Balaban J connectivity index is 1.62. The number of carbonyl (C=O) groups excluding carboxylic acids is 2. The van der Waals surface area contributed by atoms with Crippen LogP contribution in [0.2, 0.25) is 0 Å². The standard InChI is InChI=1S/C21H24N2O3/c1-15-8-9-17(16(2)12-15)13-22(3)20(24)10-11-23-18-6-4-5-7-19(18)26-14-21(23)25/h4-9,12H,10-11,13-14H2,1-3H3. The molecule has 136 valence electrons. The molecule has 0 aromatic heterocycles. The van der Waals surface area contributed by atoms with Crippen molar-refractivity contribution in [3.05, 3.63) is 59.2 Å². The lowest BCUT2D eigenvalue weighted by atomic mass is 10.1. The molecule has 0 radical (unpaired) electrons. The second kappa shape index (κ2) is 7.60. The number of hydrogen-bond donors (Lipinski definition) is 0. The van der Waals surface area contributed by atoms with Crippen LogP contribution in [0.3, 0.4) is 0 Å². The fraction of sp³-hybridized carbons (Fsp3) is 0.333. The Labute approximate surface area is 154 Å². The van der Waals surface area contributed by atoms with Crippen LogP contribution in [-0.2, 0) is 16.1 Å². The van der Waals surface area contributed by atoms with Crippen LogP contribution < -0.4 is 9.64 Å². The minimum Gasteiger partial charge on any atom is -0.482 e. The van der Waals surface area contributed by atoms with Crippen LogP contribution in [0.5, 0.6) is 5.75 Å². The van der Waals surface area contributed by atoms with Gasteiger partial charge in [0.05, 0.1) is 5.69 Å². The second-order valence-corrected chi connectivity index (χ2v) is 6.73. The van der Waals surface area contributed by atoms with Gasteiger partial charge in [0.1, 0.15) is 5.75 Å². The lowest BCUT2D eigenvalue weighted by molar-refractivity contribution is -0.130. The van der Waals surface area contributed by atoms with Gasteiger partial charge in [0.15, 0.2) is 6.61 Å². The van der Waals surface area contributed by atoms with Gasteiger partial charge in [-0.15, -0.1) is 0 Å². The van der Waals surface area contributed by atoms with Gasteiger partial charge in [0, 0.05) is 26.6 Å². The number of carbonyl (C=O) groups is 2. The molecular weight excluding hydrogens is 328 g/mol. The minimum atomic E-state index is -0.117. The molecule has 2 aromatic rings. The van der Waals surface area contributed by atoms with E-state index in [4.69, 9.17) is 4.74 Å². The molecule has 5 heteroatoms. The summed E-state index contributed by atoms with van der Waals surface area (Å²) in [6.07, 6.45) is 0.279. The van der Waals surface area contributed by atoms with E-state index in [0.717, 1.165) is 11.3 Å². The summed E-state index contributed by atoms with van der Waals surface area (Å²) < 4.78 is 5.44. The number of ether oxygens (including phenoxy) is 1. The van der Waals surface area contributed by atoms with Crippen molar-refractivity contribution in [3.63, 3.8) is 0 Å². The molecule has 1 heterocycles. The maximum atomic E-state index is 12.5. The number of fused-ring (bicyclic) bond motifs is 1. The number of aryl methyl sites for hydroxylation is 2. The summed E-state index contributed by atoms with van der Waals surface area (Å²) >= 11 is 0. The van der Waals surface area contributed by atoms with Gasteiger partial charge in [-0.1, -0.05) is 35.9 Å². The number of hydrogen-bond acceptors (Lipinski definition) is 3. The topological polar surface area (TPSA) is 49.9 Å². The van der Waals surface area contributed by atoms with E-state index in [1.807, 2.05) is 24.3 Å². The summed E-state index contributed by atoms with van der Waals surface area (Å²) in [7, 11) is 1.80. The number of amides is 2. The zero-order valence-corrected chi connectivity index (χ0v) is 15.5. The molecule has 1 aliphatic rings. The summed E-state index contributed by atoms with van der Waals surface area (Å²) in [6.45, 7) is 5.06. The lowest BCUT2D eigenvalue weighted by Crippen LogP contribution is -2.41. The number of benzene rings is 2. The van der Waals surface area contributed by atoms with Crippen LogP contribution >= 0.6 is 0 Å². The molecule has 3 rings (SSSR count). The van der Waals surface area contributed by atoms with Crippen LogP contribution in [0.25, 0.3) is 0 Å². The molecule has 0 saturated heterocycles. The van der Waals surface area contributed by atoms with E-state index in [-0.39, 0.29) is 24.8 Å². The molecule has 26 heavy (non-hydrogen) atoms. The average molecular weight is 352 g/mol. The van der Waals surface area contributed by atoms with Crippen molar-refractivity contribution in [2.75, 3.05) is 25.1 Å². The van der Waals surface area contributed by atoms with Crippen molar-refractivity contribution in [2.45, 2.75) is 26.8 Å². The van der Waals surface area contributed by atoms with Gasteiger partial charge >= 0.3 is 0 Å². The summed E-state index contributed by atoms with van der Waals surface area (Å²) in [5, 5.41) is 0. The highest BCUT2D eigenvalue weighted by atomic mass is 16.5. The van der Waals surface area contributed by atoms with Gasteiger partial charge in [-0.2, -0.15) is 0 Å². The molecule has 2 amide bonds. The monoisotopic (exact) mass is 352 g/mol. The fourth-order valence-corrected chi connectivity index (χ4v) is 3.16. The van der Waals surface area contributed by atoms with Crippen molar-refractivity contribution in [1.29, 1.82) is 0 Å². The molecule has 0 aliphatic carbocycles. The first-order valence-electron chi connectivity index (χ1n) is 8.78. The Morgan fingerprint density at radius 3 is 2.73 bits per heavy atom. The average Bonchev–Trinajstić information content (AvgIpc) is 2.63. The smallest absolute Gasteiger partial charge is 0.265 e. The van der Waals surface area contributed by atoms with E-state index < -0.39 is 0 Å². The van der Waals surface area contributed by atoms with E-state index in [1.165, 1.54) is 11.1 Å². The van der Waals surface area contributed by atoms with Crippen molar-refractivity contribution in [2.24, 2.45) is 0 Å². The van der Waals surface area contributed by atoms with Gasteiger partial charge < -0.3 is 14.5 Å². The molecule has 1 aliphatic heterocycles. The first kappa shape index (κ1) is 18.0. The SMILES string of the molecule is Cc1ccc(CN(C)C(=O)CCN2C(=O)COc3ccccc32)c(C)c1. The van der Waals surface area contributed by atoms with Gasteiger partial charge in [0.2, 0.25) is 5.91 Å². The number of nitrogens with zero attached hydrogens (tertiary/aromatic N) is 2. The molecular formula is C21H24N2O3. The normalized spacial score (nSPS) is 13.2. The van der Waals surface area contributed by atoms with Gasteiger partial charge in [-0.3, -0.25) is 9.59 Å². The van der Waals surface area contributed by atoms with E-state index >= 15 is 0 Å². The highest BCUT2D eigenvalue weighted by molar-refractivity contribution is 5.98. The van der Waals surface area contributed by atoms with Crippen LogP contribution in [0.15, 0.2) is 42.5 Å². The molecule has 0 fully saturated rings. The maximum Gasteiger partial charge on any atom is 0.265 e. The molecule has 0 N–H and O–H groups in total. The van der Waals surface area contributed by atoms with Crippen LogP contribution in [0.1, 0.15) is 23.1 Å². The maximum absolute atomic E-state index is 12.5. The Kier molecular flexibility index (Phi) is 5.26. The third kappa shape index (κ3) is 3.87. The zero-order valence-electron chi connectivity index (χ0n) is 15.5. The predicted molar refractivity (Wildman–Crippen MR) is 101 cm³/mol. The van der Waals surface area contributed by atoms with E-state index in [1.54, 1.807) is 16.8 Å². The Morgan fingerprint density at radius 2 is 1.96 bits per heavy atom. The quantitative estimate of drug-likeness (QED) is 0.831. The highest BCUT2D eigenvalue weighted by Crippen LogP contribution is 2.31. The molecule has 0 unspecified atom stereocenters. The second-order valence-electron chi connectivity index (χ2n) is 6.73. The largest absolute Gasteiger partial charge is 0.482 e. The van der Waals surface area contributed by atoms with Gasteiger partial charge in [-0.25, -0.2) is 0 Å². The first-order valence-corrected chi connectivity index (χ1v) is 8.78. The molecule has 0 saturated carbocycles. The van der Waals surface area contributed by atoms with E-state index in [0.29, 0.717) is 18.8 Å². The van der Waals surface area contributed by atoms with Crippen molar-refractivity contribution in [3.8, 4) is 5.75 Å². The predicted octanol–water partition coefficient (Wildman–Crippen LogP) is 3.08. The summed E-state index contributed by atoms with van der Waals surface area (Å²) in [5.74, 6) is 0.582. The summed E-state index contributed by atoms with van der Waals surface area (Å²) in [4.78, 5) is 28.1. The summed E-state index contributed by atoms with van der Waals surface area (Å²) in [6, 6.07) is 13.7. The van der Waals surface area contributed by atoms with E-state index in [2.05, 4.69) is 32.0 Å². The number of para-hydroxylation sites is 2. The third-order valence-corrected chi connectivity index (χ3v) is 4.69. The molecule has 2 aromatic carbocycles. The number of anilines is 1. The lowest BCUT2D eigenvalue weighted by Gasteiger charge is -2.29. The van der Waals surface area contributed by atoms with Crippen molar-refractivity contribution in [1.82, 2.24) is 4.90 Å². The van der Waals surface area contributed by atoms with E-state index in [9.17, 15) is 9.59 Å². The zero-order chi connectivity index (χ0) is 18.7. The Hall–Kier alpha value is -2.82. The minimum absolute atomic E-state index is 0.0155. The fourth-order valence-electron chi connectivity index (χ4n) is 3.16. The summed E-state index contributed by atoms with van der Waals surface area (Å²) in [5.41, 5.74) is 4.26. The Morgan fingerprint density at radius 1 is 1.19 bits per heavy atom. The molecule has 0 atom stereocenters. The highest BCUT2D eigenvalue weighted by Gasteiger charge is 2.25. The van der Waals surface area contributed by atoms with Gasteiger partial charge in [-0.05, 0) is 37.1 Å². The van der Waals surface area contributed by atoms with Crippen molar-refractivity contribution < 1.29 is 14.3 Å². The van der Waals surface area contributed by atoms with Crippen molar-refractivity contribution >= 4 is 17.5 Å². The van der Waals surface area contributed by atoms with Crippen LogP contribution in [0, 0.1) is 13.8 Å². The number of rotatable bonds is 5. The molecule has 0 bridgehead atoms. The third-order valence-electron chi connectivity index (χ3n) is 4.69. The van der Waals surface area contributed by atoms with Crippen LogP contribution in [-0.4, -0.2) is 36.9 Å².